The molecule has 23 heavy (non-hydrogen) atoms. The van der Waals surface area contributed by atoms with E-state index >= 15 is 0 Å². The Morgan fingerprint density at radius 3 is 1.91 bits per heavy atom. The normalized spacial score (nSPS) is 10.3. The molecule has 0 bridgehead atoms. The number of nitro groups is 1. The summed E-state index contributed by atoms with van der Waals surface area (Å²) in [4.78, 5) is 14.9. The standard InChI is InChI=1S/C13H15N3O7/c1-6-14-13(23-15-6)7-9(19-2)8(16(17)18)11(21-4)12(22-5)10(7)20-3/h1-5H3. The van der Waals surface area contributed by atoms with E-state index in [1.165, 1.54) is 28.4 Å². The summed E-state index contributed by atoms with van der Waals surface area (Å²) in [6.07, 6.45) is 0. The van der Waals surface area contributed by atoms with E-state index in [0.717, 1.165) is 0 Å². The SMILES string of the molecule is COc1c(OC)c(-c2nc(C)no2)c(OC)c([N+](=O)[O-])c1OC. The molecule has 0 amide bonds. The molecule has 2 rings (SSSR count). The van der Waals surface area contributed by atoms with Gasteiger partial charge in [0, 0.05) is 0 Å². The van der Waals surface area contributed by atoms with Crippen LogP contribution in [-0.2, 0) is 0 Å². The first-order valence-electron chi connectivity index (χ1n) is 6.35. The first kappa shape index (κ1) is 16.3. The van der Waals surface area contributed by atoms with E-state index in [-0.39, 0.29) is 34.5 Å². The smallest absolute Gasteiger partial charge is 0.357 e. The first-order valence-corrected chi connectivity index (χ1v) is 6.35. The van der Waals surface area contributed by atoms with Crippen LogP contribution in [0.2, 0.25) is 0 Å². The predicted octanol–water partition coefficient (Wildman–Crippen LogP) is 1.99. The van der Waals surface area contributed by atoms with Crippen molar-refractivity contribution >= 4 is 5.69 Å². The molecule has 0 aliphatic rings. The van der Waals surface area contributed by atoms with Gasteiger partial charge in [-0.3, -0.25) is 10.1 Å². The lowest BCUT2D eigenvalue weighted by molar-refractivity contribution is -0.386. The van der Waals surface area contributed by atoms with Crippen LogP contribution in [0.15, 0.2) is 4.52 Å². The van der Waals surface area contributed by atoms with Gasteiger partial charge in [-0.2, -0.15) is 4.98 Å². The number of hydrogen-bond donors (Lipinski definition) is 0. The third kappa shape index (κ3) is 2.58. The van der Waals surface area contributed by atoms with Gasteiger partial charge in [0.25, 0.3) is 5.89 Å². The number of aromatic nitrogens is 2. The predicted molar refractivity (Wildman–Crippen MR) is 77.3 cm³/mol. The van der Waals surface area contributed by atoms with E-state index in [1.54, 1.807) is 6.92 Å². The monoisotopic (exact) mass is 325 g/mol. The van der Waals surface area contributed by atoms with E-state index in [4.69, 9.17) is 23.5 Å². The molecule has 124 valence electrons. The molecule has 0 unspecified atom stereocenters. The van der Waals surface area contributed by atoms with Gasteiger partial charge in [0.1, 0.15) is 5.56 Å². The summed E-state index contributed by atoms with van der Waals surface area (Å²) in [6.45, 7) is 1.61. The largest absolute Gasteiger partial charge is 0.492 e. The maximum Gasteiger partial charge on any atom is 0.357 e. The molecule has 10 nitrogen and oxygen atoms in total. The fourth-order valence-electron chi connectivity index (χ4n) is 2.18. The van der Waals surface area contributed by atoms with Crippen LogP contribution in [0.3, 0.4) is 0 Å². The van der Waals surface area contributed by atoms with Gasteiger partial charge in [0.2, 0.25) is 17.2 Å². The van der Waals surface area contributed by atoms with Crippen LogP contribution in [0.25, 0.3) is 11.5 Å². The van der Waals surface area contributed by atoms with Gasteiger partial charge in [-0.05, 0) is 6.92 Å². The Balaban J connectivity index is 2.98. The maximum atomic E-state index is 11.5. The molecule has 0 atom stereocenters. The second-order valence-electron chi connectivity index (χ2n) is 4.26. The molecular formula is C13H15N3O7. The summed E-state index contributed by atoms with van der Waals surface area (Å²) in [5, 5.41) is 15.2. The van der Waals surface area contributed by atoms with Crippen LogP contribution in [-0.4, -0.2) is 43.5 Å². The second-order valence-corrected chi connectivity index (χ2v) is 4.26. The molecule has 10 heteroatoms. The van der Waals surface area contributed by atoms with Crippen LogP contribution in [0.4, 0.5) is 5.69 Å². The maximum absolute atomic E-state index is 11.5. The van der Waals surface area contributed by atoms with Crippen molar-refractivity contribution in [3.05, 3.63) is 15.9 Å². The quantitative estimate of drug-likeness (QED) is 0.580. The van der Waals surface area contributed by atoms with Crippen molar-refractivity contribution in [2.24, 2.45) is 0 Å². The highest BCUT2D eigenvalue weighted by Crippen LogP contribution is 2.56. The molecule has 0 saturated heterocycles. The molecule has 1 heterocycles. The van der Waals surface area contributed by atoms with Gasteiger partial charge < -0.3 is 23.5 Å². The van der Waals surface area contributed by atoms with E-state index in [1.807, 2.05) is 0 Å². The number of methoxy groups -OCH3 is 4. The zero-order valence-electron chi connectivity index (χ0n) is 13.2. The Kier molecular flexibility index (Phi) is 4.53. The summed E-state index contributed by atoms with van der Waals surface area (Å²) in [7, 11) is 5.26. The van der Waals surface area contributed by atoms with E-state index in [9.17, 15) is 10.1 Å². The third-order valence-corrected chi connectivity index (χ3v) is 3.04. The van der Waals surface area contributed by atoms with Crippen molar-refractivity contribution < 1.29 is 28.4 Å². The molecule has 0 spiro atoms. The molecule has 0 radical (unpaired) electrons. The molecule has 1 aromatic carbocycles. The van der Waals surface area contributed by atoms with Gasteiger partial charge in [-0.15, -0.1) is 0 Å². The summed E-state index contributed by atoms with van der Waals surface area (Å²) in [6, 6.07) is 0. The van der Waals surface area contributed by atoms with Crippen LogP contribution in [0.5, 0.6) is 23.0 Å². The molecule has 0 aliphatic heterocycles. The molecule has 1 aromatic heterocycles. The summed E-state index contributed by atoms with van der Waals surface area (Å²) < 4.78 is 26.0. The Labute approximate surface area is 131 Å². The number of ether oxygens (including phenoxy) is 4. The molecular weight excluding hydrogens is 310 g/mol. The van der Waals surface area contributed by atoms with Crippen LogP contribution >= 0.6 is 0 Å². The zero-order valence-corrected chi connectivity index (χ0v) is 13.2. The van der Waals surface area contributed by atoms with E-state index < -0.39 is 10.6 Å². The number of nitrogens with zero attached hydrogens (tertiary/aromatic N) is 3. The van der Waals surface area contributed by atoms with Crippen LogP contribution in [0.1, 0.15) is 5.82 Å². The highest BCUT2D eigenvalue weighted by Gasteiger charge is 2.37. The van der Waals surface area contributed by atoms with Gasteiger partial charge in [-0.25, -0.2) is 0 Å². The van der Waals surface area contributed by atoms with Gasteiger partial charge in [-0.1, -0.05) is 5.16 Å². The minimum Gasteiger partial charge on any atom is -0.492 e. The van der Waals surface area contributed by atoms with Crippen LogP contribution in [0, 0.1) is 17.0 Å². The molecule has 2 aromatic rings. The average Bonchev–Trinajstić information content (AvgIpc) is 2.97. The fourth-order valence-corrected chi connectivity index (χ4v) is 2.18. The number of nitro benzene ring substituents is 1. The highest BCUT2D eigenvalue weighted by atomic mass is 16.6. The third-order valence-electron chi connectivity index (χ3n) is 3.04. The fraction of sp³-hybridized carbons (Fsp3) is 0.385. The number of hydrogen-bond acceptors (Lipinski definition) is 9. The number of rotatable bonds is 6. The minimum atomic E-state index is -0.646. The Morgan fingerprint density at radius 1 is 0.957 bits per heavy atom. The minimum absolute atomic E-state index is 0.000234. The van der Waals surface area contributed by atoms with Crippen LogP contribution < -0.4 is 18.9 Å². The Hall–Kier alpha value is -3.04. The Morgan fingerprint density at radius 2 is 1.52 bits per heavy atom. The lowest BCUT2D eigenvalue weighted by Gasteiger charge is -2.17. The average molecular weight is 325 g/mol. The lowest BCUT2D eigenvalue weighted by Crippen LogP contribution is -2.04. The number of benzene rings is 1. The van der Waals surface area contributed by atoms with Gasteiger partial charge >= 0.3 is 5.69 Å². The first-order chi connectivity index (χ1) is 11.0. The van der Waals surface area contributed by atoms with Crippen molar-refractivity contribution in [3.63, 3.8) is 0 Å². The zero-order chi connectivity index (χ0) is 17.1. The molecule has 0 N–H and O–H groups in total. The van der Waals surface area contributed by atoms with Crippen molar-refractivity contribution in [2.75, 3.05) is 28.4 Å². The Bertz CT molecular complexity index is 742. The van der Waals surface area contributed by atoms with E-state index in [2.05, 4.69) is 10.1 Å². The topological polar surface area (TPSA) is 119 Å². The molecule has 0 fully saturated rings. The highest BCUT2D eigenvalue weighted by molar-refractivity contribution is 5.85. The molecule has 0 saturated carbocycles. The van der Waals surface area contributed by atoms with Gasteiger partial charge in [0.15, 0.2) is 11.6 Å². The van der Waals surface area contributed by atoms with Crippen molar-refractivity contribution in [3.8, 4) is 34.5 Å². The van der Waals surface area contributed by atoms with E-state index in [0.29, 0.717) is 5.82 Å². The lowest BCUT2D eigenvalue weighted by atomic mass is 10.1. The van der Waals surface area contributed by atoms with Gasteiger partial charge in [0.05, 0.1) is 33.4 Å². The van der Waals surface area contributed by atoms with Crippen molar-refractivity contribution in [2.45, 2.75) is 6.92 Å². The second kappa shape index (κ2) is 6.38. The summed E-state index contributed by atoms with van der Waals surface area (Å²) >= 11 is 0. The molecule has 0 aliphatic carbocycles. The summed E-state index contributed by atoms with van der Waals surface area (Å²) in [5.41, 5.74) is -0.321. The summed E-state index contributed by atoms with van der Waals surface area (Å²) in [5.74, 6) is 0.227. The van der Waals surface area contributed by atoms with Crippen molar-refractivity contribution in [1.82, 2.24) is 10.1 Å². The number of aryl methyl sites for hydroxylation is 1. The van der Waals surface area contributed by atoms with Crippen molar-refractivity contribution in [1.29, 1.82) is 0 Å².